The number of rotatable bonds is 2. The second-order valence-electron chi connectivity index (χ2n) is 3.46. The topological polar surface area (TPSA) is 44.1 Å². The lowest BCUT2D eigenvalue weighted by Crippen LogP contribution is -2.08. The van der Waals surface area contributed by atoms with Crippen LogP contribution in [0.25, 0.3) is 5.69 Å². The van der Waals surface area contributed by atoms with E-state index in [4.69, 9.17) is 4.74 Å². The van der Waals surface area contributed by atoms with Gasteiger partial charge >= 0.3 is 5.97 Å². The van der Waals surface area contributed by atoms with E-state index in [1.165, 1.54) is 7.11 Å². The van der Waals surface area contributed by atoms with Gasteiger partial charge in [0.15, 0.2) is 0 Å². The zero-order valence-electron chi connectivity index (χ0n) is 9.18. The van der Waals surface area contributed by atoms with Crippen LogP contribution in [-0.4, -0.2) is 22.9 Å². The third-order valence-corrected chi connectivity index (χ3v) is 2.31. The summed E-state index contributed by atoms with van der Waals surface area (Å²) < 4.78 is 6.39. The molecule has 0 atom stereocenters. The normalized spacial score (nSPS) is 10.1. The molecule has 4 heteroatoms. The molecule has 0 saturated carbocycles. The van der Waals surface area contributed by atoms with Crippen molar-refractivity contribution in [2.45, 2.75) is 6.92 Å². The summed E-state index contributed by atoms with van der Waals surface area (Å²) in [7, 11) is 1.37. The molecule has 2 rings (SSSR count). The van der Waals surface area contributed by atoms with E-state index >= 15 is 0 Å². The zero-order valence-corrected chi connectivity index (χ0v) is 9.18. The van der Waals surface area contributed by atoms with Crippen LogP contribution >= 0.6 is 0 Å². The molecule has 0 bridgehead atoms. The van der Waals surface area contributed by atoms with Crippen molar-refractivity contribution < 1.29 is 9.53 Å². The maximum atomic E-state index is 11.6. The Morgan fingerprint density at radius 3 is 2.88 bits per heavy atom. The Bertz CT molecular complexity index is 504. The molecule has 2 aromatic rings. The number of esters is 1. The number of hydrogen-bond acceptors (Lipinski definition) is 3. The molecule has 0 radical (unpaired) electrons. The van der Waals surface area contributed by atoms with Gasteiger partial charge in [-0.2, -0.15) is 5.10 Å². The molecule has 4 nitrogen and oxygen atoms in total. The first-order valence-electron chi connectivity index (χ1n) is 4.91. The Morgan fingerprint density at radius 1 is 1.44 bits per heavy atom. The lowest BCUT2D eigenvalue weighted by Gasteiger charge is -2.08. The minimum absolute atomic E-state index is 0.356. The quantitative estimate of drug-likeness (QED) is 0.721. The van der Waals surface area contributed by atoms with E-state index in [0.717, 1.165) is 11.3 Å². The molecule has 16 heavy (non-hydrogen) atoms. The Kier molecular flexibility index (Phi) is 2.72. The second kappa shape index (κ2) is 4.18. The number of carbonyl (C=O) groups is 1. The smallest absolute Gasteiger partial charge is 0.340 e. The first-order chi connectivity index (χ1) is 7.72. The molecule has 0 saturated heterocycles. The molecule has 0 spiro atoms. The van der Waals surface area contributed by atoms with Gasteiger partial charge in [-0.3, -0.25) is 0 Å². The molecule has 0 N–H and O–H groups in total. The number of nitrogens with zero attached hydrogens (tertiary/aromatic N) is 2. The maximum Gasteiger partial charge on any atom is 0.340 e. The molecule has 1 aromatic carbocycles. The van der Waals surface area contributed by atoms with Gasteiger partial charge in [-0.25, -0.2) is 9.48 Å². The van der Waals surface area contributed by atoms with E-state index in [0.29, 0.717) is 5.56 Å². The van der Waals surface area contributed by atoms with Crippen molar-refractivity contribution in [2.75, 3.05) is 7.11 Å². The lowest BCUT2D eigenvalue weighted by atomic mass is 10.1. The van der Waals surface area contributed by atoms with Crippen molar-refractivity contribution in [3.63, 3.8) is 0 Å². The van der Waals surface area contributed by atoms with E-state index < -0.39 is 0 Å². The molecular weight excluding hydrogens is 204 g/mol. The van der Waals surface area contributed by atoms with Crippen LogP contribution in [0, 0.1) is 6.92 Å². The third-order valence-electron chi connectivity index (χ3n) is 2.31. The lowest BCUT2D eigenvalue weighted by molar-refractivity contribution is 0.0600. The first kappa shape index (κ1) is 10.4. The van der Waals surface area contributed by atoms with Crippen molar-refractivity contribution in [1.29, 1.82) is 0 Å². The molecule has 0 aliphatic carbocycles. The van der Waals surface area contributed by atoms with Crippen LogP contribution in [0.1, 0.15) is 15.9 Å². The summed E-state index contributed by atoms with van der Waals surface area (Å²) in [6.45, 7) is 1.97. The molecule has 1 heterocycles. The van der Waals surface area contributed by atoms with E-state index in [2.05, 4.69) is 5.10 Å². The Hall–Kier alpha value is -2.10. The average Bonchev–Trinajstić information content (AvgIpc) is 2.81. The highest BCUT2D eigenvalue weighted by atomic mass is 16.5. The molecule has 1 aromatic heterocycles. The zero-order chi connectivity index (χ0) is 11.5. The van der Waals surface area contributed by atoms with Gasteiger partial charge in [-0.1, -0.05) is 6.07 Å². The van der Waals surface area contributed by atoms with Gasteiger partial charge in [0.25, 0.3) is 0 Å². The van der Waals surface area contributed by atoms with Crippen LogP contribution in [0.5, 0.6) is 0 Å². The molecule has 82 valence electrons. The number of benzene rings is 1. The van der Waals surface area contributed by atoms with Crippen LogP contribution in [0.15, 0.2) is 36.7 Å². The molecular formula is C12H12N2O2. The van der Waals surface area contributed by atoms with Crippen molar-refractivity contribution in [3.05, 3.63) is 47.8 Å². The largest absolute Gasteiger partial charge is 0.465 e. The minimum atomic E-state index is -0.356. The van der Waals surface area contributed by atoms with Crippen LogP contribution < -0.4 is 0 Å². The fraction of sp³-hybridized carbons (Fsp3) is 0.167. The minimum Gasteiger partial charge on any atom is -0.465 e. The molecule has 0 aliphatic rings. The number of methoxy groups -OCH3 is 1. The fourth-order valence-corrected chi connectivity index (χ4v) is 1.53. The summed E-state index contributed by atoms with van der Waals surface area (Å²) >= 11 is 0. The van der Waals surface area contributed by atoms with Crippen molar-refractivity contribution >= 4 is 5.97 Å². The predicted molar refractivity (Wildman–Crippen MR) is 59.6 cm³/mol. The van der Waals surface area contributed by atoms with Crippen molar-refractivity contribution in [1.82, 2.24) is 9.78 Å². The average molecular weight is 216 g/mol. The Labute approximate surface area is 93.5 Å². The van der Waals surface area contributed by atoms with Gasteiger partial charge in [0.2, 0.25) is 0 Å². The Balaban J connectivity index is 2.57. The number of ether oxygens (including phenoxy) is 1. The number of carbonyl (C=O) groups excluding carboxylic acids is 1. The van der Waals surface area contributed by atoms with Crippen molar-refractivity contribution in [2.24, 2.45) is 0 Å². The standard InChI is InChI=1S/C12H12N2O2/c1-9-4-5-10(12(15)16-2)11(8-9)14-7-3-6-13-14/h3-8H,1-2H3. The molecule has 0 aliphatic heterocycles. The predicted octanol–water partition coefficient (Wildman–Crippen LogP) is 1.97. The number of aryl methyl sites for hydroxylation is 1. The summed E-state index contributed by atoms with van der Waals surface area (Å²) in [5, 5.41) is 4.11. The van der Waals surface area contributed by atoms with Crippen LogP contribution in [0.2, 0.25) is 0 Å². The molecule has 0 fully saturated rings. The SMILES string of the molecule is COC(=O)c1ccc(C)cc1-n1cccn1. The van der Waals surface area contributed by atoms with Gasteiger partial charge in [0, 0.05) is 12.4 Å². The second-order valence-corrected chi connectivity index (χ2v) is 3.46. The monoisotopic (exact) mass is 216 g/mol. The maximum absolute atomic E-state index is 11.6. The van der Waals surface area contributed by atoms with Gasteiger partial charge in [0.1, 0.15) is 0 Å². The van der Waals surface area contributed by atoms with Crippen molar-refractivity contribution in [3.8, 4) is 5.69 Å². The van der Waals surface area contributed by atoms with E-state index in [1.807, 2.05) is 25.1 Å². The van der Waals surface area contributed by atoms with Crippen LogP contribution in [-0.2, 0) is 4.74 Å². The molecule has 0 unspecified atom stereocenters. The summed E-state index contributed by atoms with van der Waals surface area (Å²) in [4.78, 5) is 11.6. The van der Waals surface area contributed by atoms with Gasteiger partial charge in [-0.15, -0.1) is 0 Å². The summed E-state index contributed by atoms with van der Waals surface area (Å²) in [5.41, 5.74) is 2.31. The van der Waals surface area contributed by atoms with Gasteiger partial charge in [-0.05, 0) is 30.7 Å². The van der Waals surface area contributed by atoms with Crippen LogP contribution in [0.3, 0.4) is 0 Å². The van der Waals surface area contributed by atoms with Crippen LogP contribution in [0.4, 0.5) is 0 Å². The first-order valence-corrected chi connectivity index (χ1v) is 4.91. The third kappa shape index (κ3) is 1.82. The highest BCUT2D eigenvalue weighted by Gasteiger charge is 2.13. The van der Waals surface area contributed by atoms with Gasteiger partial charge in [0.05, 0.1) is 18.4 Å². The van der Waals surface area contributed by atoms with E-state index in [-0.39, 0.29) is 5.97 Å². The number of hydrogen-bond donors (Lipinski definition) is 0. The van der Waals surface area contributed by atoms with E-state index in [1.54, 1.807) is 23.1 Å². The highest BCUT2D eigenvalue weighted by Crippen LogP contribution is 2.16. The summed E-state index contributed by atoms with van der Waals surface area (Å²) in [5.74, 6) is -0.356. The van der Waals surface area contributed by atoms with E-state index in [9.17, 15) is 4.79 Å². The van der Waals surface area contributed by atoms with Gasteiger partial charge < -0.3 is 4.74 Å². The molecule has 0 amide bonds. The summed E-state index contributed by atoms with van der Waals surface area (Å²) in [6.07, 6.45) is 3.46. The highest BCUT2D eigenvalue weighted by molar-refractivity contribution is 5.93. The summed E-state index contributed by atoms with van der Waals surface area (Å²) in [6, 6.07) is 7.33. The Morgan fingerprint density at radius 2 is 2.25 bits per heavy atom. The fourth-order valence-electron chi connectivity index (χ4n) is 1.53. The number of aromatic nitrogens is 2.